The van der Waals surface area contributed by atoms with Crippen molar-refractivity contribution >= 4 is 21.6 Å². The van der Waals surface area contributed by atoms with Gasteiger partial charge in [-0.1, -0.05) is 19.1 Å². The van der Waals surface area contributed by atoms with Crippen molar-refractivity contribution in [2.45, 2.75) is 38.1 Å². The molecule has 1 heterocycles. The third kappa shape index (κ3) is 5.28. The lowest BCUT2D eigenvalue weighted by molar-refractivity contribution is 0.102. The normalized spacial score (nSPS) is 12.4. The highest BCUT2D eigenvalue weighted by Crippen LogP contribution is 2.21. The summed E-state index contributed by atoms with van der Waals surface area (Å²) in [6, 6.07) is 14.8. The Balaban J connectivity index is 1.74. The van der Waals surface area contributed by atoms with Crippen LogP contribution in [0.5, 0.6) is 0 Å². The monoisotopic (exact) mass is 424 g/mol. The third-order valence-corrected chi connectivity index (χ3v) is 6.19. The van der Waals surface area contributed by atoms with Crippen LogP contribution in [-0.4, -0.2) is 30.3 Å². The molecule has 7 nitrogen and oxygen atoms in total. The largest absolute Gasteiger partial charge is 0.322 e. The van der Waals surface area contributed by atoms with Crippen molar-refractivity contribution in [3.05, 3.63) is 72.2 Å². The summed E-state index contributed by atoms with van der Waals surface area (Å²) < 4.78 is 27.3. The van der Waals surface area contributed by atoms with E-state index >= 15 is 0 Å². The molecule has 0 aliphatic carbocycles. The molecule has 2 N–H and O–H groups in total. The summed E-state index contributed by atoms with van der Waals surface area (Å²) in [7, 11) is -3.61. The van der Waals surface area contributed by atoms with Crippen molar-refractivity contribution in [1.82, 2.24) is 14.7 Å². The maximum atomic E-state index is 12.6. The Morgan fingerprint density at radius 1 is 1.10 bits per heavy atom. The Hall–Kier alpha value is -3.10. The number of hydrogen-bond donors (Lipinski definition) is 2. The maximum Gasteiger partial charge on any atom is 0.255 e. The van der Waals surface area contributed by atoms with Gasteiger partial charge < -0.3 is 5.32 Å². The second-order valence-corrected chi connectivity index (χ2v) is 8.69. The van der Waals surface area contributed by atoms with E-state index < -0.39 is 10.0 Å². The smallest absolute Gasteiger partial charge is 0.255 e. The Morgan fingerprint density at radius 2 is 1.83 bits per heavy atom. The van der Waals surface area contributed by atoms with Crippen molar-refractivity contribution in [2.24, 2.45) is 0 Å². The average molecular weight is 425 g/mol. The summed E-state index contributed by atoms with van der Waals surface area (Å²) in [4.78, 5) is 21.2. The van der Waals surface area contributed by atoms with Gasteiger partial charge >= 0.3 is 0 Å². The number of nitrogens with zero attached hydrogens (tertiary/aromatic N) is 2. The second-order valence-electron chi connectivity index (χ2n) is 6.98. The van der Waals surface area contributed by atoms with E-state index in [0.29, 0.717) is 23.5 Å². The van der Waals surface area contributed by atoms with Crippen LogP contribution in [0.4, 0.5) is 5.69 Å². The molecule has 0 aliphatic heterocycles. The molecule has 0 bridgehead atoms. The van der Waals surface area contributed by atoms with Gasteiger partial charge in [-0.15, -0.1) is 0 Å². The van der Waals surface area contributed by atoms with E-state index in [0.717, 1.165) is 11.3 Å². The van der Waals surface area contributed by atoms with Gasteiger partial charge in [0.25, 0.3) is 5.91 Å². The van der Waals surface area contributed by atoms with Gasteiger partial charge in [-0.05, 0) is 62.7 Å². The lowest BCUT2D eigenvalue weighted by atomic mass is 10.1. The first-order valence-corrected chi connectivity index (χ1v) is 11.1. The highest BCUT2D eigenvalue weighted by atomic mass is 32.2. The Morgan fingerprint density at radius 3 is 2.50 bits per heavy atom. The molecule has 3 rings (SSSR count). The van der Waals surface area contributed by atoms with Gasteiger partial charge in [0.15, 0.2) is 0 Å². The highest BCUT2D eigenvalue weighted by Gasteiger charge is 2.17. The van der Waals surface area contributed by atoms with Crippen LogP contribution in [0, 0.1) is 6.92 Å². The summed E-state index contributed by atoms with van der Waals surface area (Å²) in [5.74, 6) is 0.338. The molecule has 1 aromatic heterocycles. The van der Waals surface area contributed by atoms with Crippen LogP contribution in [0.2, 0.25) is 0 Å². The fraction of sp³-hybridized carbons (Fsp3) is 0.227. The molecule has 0 fully saturated rings. The van der Waals surface area contributed by atoms with Gasteiger partial charge in [0.2, 0.25) is 10.0 Å². The first kappa shape index (κ1) is 21.6. The van der Waals surface area contributed by atoms with Crippen molar-refractivity contribution in [3.63, 3.8) is 0 Å². The first-order chi connectivity index (χ1) is 14.3. The number of anilines is 1. The summed E-state index contributed by atoms with van der Waals surface area (Å²) in [6.07, 6.45) is 2.38. The molecule has 0 saturated heterocycles. The van der Waals surface area contributed by atoms with Crippen molar-refractivity contribution < 1.29 is 13.2 Å². The van der Waals surface area contributed by atoms with E-state index in [1.54, 1.807) is 25.3 Å². The third-order valence-electron chi connectivity index (χ3n) is 4.59. The lowest BCUT2D eigenvalue weighted by Crippen LogP contribution is -2.32. The van der Waals surface area contributed by atoms with Gasteiger partial charge in [-0.2, -0.15) is 0 Å². The van der Waals surface area contributed by atoms with Crippen LogP contribution >= 0.6 is 0 Å². The summed E-state index contributed by atoms with van der Waals surface area (Å²) in [6.45, 7) is 5.52. The zero-order valence-electron chi connectivity index (χ0n) is 17.1. The van der Waals surface area contributed by atoms with Gasteiger partial charge in [0, 0.05) is 29.1 Å². The molecule has 2 aromatic carbocycles. The van der Waals surface area contributed by atoms with Crippen LogP contribution in [0.3, 0.4) is 0 Å². The van der Waals surface area contributed by atoms with E-state index in [-0.39, 0.29) is 16.8 Å². The molecular weight excluding hydrogens is 400 g/mol. The molecule has 0 radical (unpaired) electrons. The fourth-order valence-corrected chi connectivity index (χ4v) is 4.11. The highest BCUT2D eigenvalue weighted by molar-refractivity contribution is 7.89. The van der Waals surface area contributed by atoms with Gasteiger partial charge in [0.05, 0.1) is 10.6 Å². The predicted octanol–water partition coefficient (Wildman–Crippen LogP) is 3.78. The van der Waals surface area contributed by atoms with E-state index in [2.05, 4.69) is 20.0 Å². The van der Waals surface area contributed by atoms with Crippen molar-refractivity contribution in [2.75, 3.05) is 5.32 Å². The van der Waals surface area contributed by atoms with E-state index in [1.165, 1.54) is 24.3 Å². The van der Waals surface area contributed by atoms with Crippen LogP contribution in [0.1, 0.15) is 36.5 Å². The number of carbonyl (C=O) groups excluding carboxylic acids is 1. The van der Waals surface area contributed by atoms with Crippen LogP contribution in [0.15, 0.2) is 65.7 Å². The molecular formula is C22H24N4O3S. The van der Waals surface area contributed by atoms with Gasteiger partial charge in [-0.3, -0.25) is 4.79 Å². The van der Waals surface area contributed by atoms with Crippen molar-refractivity contribution in [1.29, 1.82) is 0 Å². The Bertz CT molecular complexity index is 1150. The average Bonchev–Trinajstić information content (AvgIpc) is 2.73. The minimum absolute atomic E-state index is 0.125. The Kier molecular flexibility index (Phi) is 6.59. The van der Waals surface area contributed by atoms with Gasteiger partial charge in [0.1, 0.15) is 5.82 Å². The number of aromatic nitrogens is 2. The quantitative estimate of drug-likeness (QED) is 0.601. The standard InChI is InChI=1S/C22H24N4O3S/c1-4-15(2)26-30(28,29)20-10-8-17(9-11-20)22(27)25-19-7-5-6-18(14-19)21-12-13-23-16(3)24-21/h5-15,26H,4H2,1-3H3,(H,25,27)/t15-/m1/s1. The molecule has 0 unspecified atom stereocenters. The first-order valence-electron chi connectivity index (χ1n) is 9.62. The molecule has 0 spiro atoms. The Labute approximate surface area is 176 Å². The second kappa shape index (κ2) is 9.15. The number of nitrogens with one attached hydrogen (secondary N) is 2. The van der Waals surface area contributed by atoms with E-state index in [4.69, 9.17) is 0 Å². The topological polar surface area (TPSA) is 101 Å². The van der Waals surface area contributed by atoms with Crippen LogP contribution in [0.25, 0.3) is 11.3 Å². The minimum Gasteiger partial charge on any atom is -0.322 e. The summed E-state index contributed by atoms with van der Waals surface area (Å²) in [5.41, 5.74) is 2.60. The fourth-order valence-electron chi connectivity index (χ4n) is 2.78. The molecule has 8 heteroatoms. The summed E-state index contributed by atoms with van der Waals surface area (Å²) >= 11 is 0. The zero-order valence-corrected chi connectivity index (χ0v) is 17.9. The van der Waals surface area contributed by atoms with E-state index in [1.807, 2.05) is 32.0 Å². The number of carbonyl (C=O) groups is 1. The summed E-state index contributed by atoms with van der Waals surface area (Å²) in [5, 5.41) is 2.84. The number of rotatable bonds is 7. The molecule has 0 aliphatic rings. The zero-order chi connectivity index (χ0) is 21.7. The molecule has 156 valence electrons. The van der Waals surface area contributed by atoms with E-state index in [9.17, 15) is 13.2 Å². The molecule has 30 heavy (non-hydrogen) atoms. The molecule has 1 atom stereocenters. The van der Waals surface area contributed by atoms with Gasteiger partial charge in [-0.25, -0.2) is 23.1 Å². The minimum atomic E-state index is -3.61. The number of amides is 1. The predicted molar refractivity (Wildman–Crippen MR) is 117 cm³/mol. The maximum absolute atomic E-state index is 12.6. The lowest BCUT2D eigenvalue weighted by Gasteiger charge is -2.12. The van der Waals surface area contributed by atoms with Crippen LogP contribution < -0.4 is 10.0 Å². The van der Waals surface area contributed by atoms with Crippen molar-refractivity contribution in [3.8, 4) is 11.3 Å². The molecule has 0 saturated carbocycles. The number of benzene rings is 2. The molecule has 3 aromatic rings. The SMILES string of the molecule is CC[C@@H](C)NS(=O)(=O)c1ccc(C(=O)Nc2cccc(-c3ccnc(C)n3)c2)cc1. The molecule has 1 amide bonds. The van der Waals surface area contributed by atoms with Crippen LogP contribution in [-0.2, 0) is 10.0 Å². The number of sulfonamides is 1. The number of aryl methyl sites for hydroxylation is 1. The number of hydrogen-bond acceptors (Lipinski definition) is 5.